The molecule has 7 nitrogen and oxygen atoms in total. The maximum absolute atomic E-state index is 12.8. The normalized spacial score (nSPS) is 11.6. The second-order valence-corrected chi connectivity index (χ2v) is 10.4. The average molecular weight is 467 g/mol. The lowest BCUT2D eigenvalue weighted by atomic mass is 9.92. The van der Waals surface area contributed by atoms with Gasteiger partial charge in [0, 0.05) is 29.8 Å². The number of thiophene rings is 1. The van der Waals surface area contributed by atoms with E-state index in [9.17, 15) is 4.79 Å². The largest absolute Gasteiger partial charge is 0.310 e. The van der Waals surface area contributed by atoms with Crippen LogP contribution >= 0.6 is 23.1 Å². The number of carbonyl (C=O) groups is 1. The molecule has 4 aromatic rings. The van der Waals surface area contributed by atoms with Gasteiger partial charge in [0.1, 0.15) is 11.6 Å². The summed E-state index contributed by atoms with van der Waals surface area (Å²) in [5, 5.41) is 19.1. The number of nitrogens with one attached hydrogen (secondary N) is 1. The third-order valence-electron chi connectivity index (χ3n) is 4.92. The van der Waals surface area contributed by atoms with Gasteiger partial charge in [0.2, 0.25) is 5.91 Å². The Labute approximate surface area is 195 Å². The standard InChI is InChI=1S/C23H26N6OS2/c1-23(2,3)18-14-19(29(27-18)16-9-6-5-7-10-16)24-21(30)15-32-22-26-25-20(28(22)4)13-17-11-8-12-31-17/h5-12,14H,13,15H2,1-4H3,(H,24,30). The molecule has 1 N–H and O–H groups in total. The van der Waals surface area contributed by atoms with Crippen LogP contribution in [0.25, 0.3) is 5.69 Å². The lowest BCUT2D eigenvalue weighted by molar-refractivity contribution is -0.113. The smallest absolute Gasteiger partial charge is 0.236 e. The van der Waals surface area contributed by atoms with Crippen LogP contribution in [-0.4, -0.2) is 36.2 Å². The summed E-state index contributed by atoms with van der Waals surface area (Å²) in [7, 11) is 1.93. The Bertz CT molecular complexity index is 1190. The van der Waals surface area contributed by atoms with Crippen molar-refractivity contribution in [2.45, 2.75) is 37.8 Å². The number of hydrogen-bond acceptors (Lipinski definition) is 6. The van der Waals surface area contributed by atoms with Crippen molar-refractivity contribution in [3.8, 4) is 5.69 Å². The lowest BCUT2D eigenvalue weighted by Gasteiger charge is -2.14. The summed E-state index contributed by atoms with van der Waals surface area (Å²) < 4.78 is 3.73. The summed E-state index contributed by atoms with van der Waals surface area (Å²) >= 11 is 3.07. The Morgan fingerprint density at radius 1 is 1.12 bits per heavy atom. The highest BCUT2D eigenvalue weighted by atomic mass is 32.2. The predicted molar refractivity (Wildman–Crippen MR) is 130 cm³/mol. The molecule has 0 aliphatic rings. The average Bonchev–Trinajstić information content (AvgIpc) is 3.49. The fourth-order valence-electron chi connectivity index (χ4n) is 3.11. The molecule has 0 unspecified atom stereocenters. The van der Waals surface area contributed by atoms with Crippen molar-refractivity contribution in [2.75, 3.05) is 11.1 Å². The molecule has 0 aliphatic heterocycles. The van der Waals surface area contributed by atoms with Crippen LogP contribution in [0, 0.1) is 0 Å². The highest BCUT2D eigenvalue weighted by molar-refractivity contribution is 7.99. The Morgan fingerprint density at radius 2 is 1.91 bits per heavy atom. The number of rotatable bonds is 7. The zero-order valence-electron chi connectivity index (χ0n) is 18.6. The first kappa shape index (κ1) is 22.3. The van der Waals surface area contributed by atoms with E-state index in [2.05, 4.69) is 47.7 Å². The molecule has 0 fully saturated rings. The summed E-state index contributed by atoms with van der Waals surface area (Å²) in [6.07, 6.45) is 0.736. The van der Waals surface area contributed by atoms with Crippen molar-refractivity contribution in [3.05, 3.63) is 70.3 Å². The molecule has 3 heterocycles. The molecular formula is C23H26N6OS2. The first-order valence-corrected chi connectivity index (χ1v) is 12.2. The minimum atomic E-state index is -0.133. The molecule has 0 spiro atoms. The number of para-hydroxylation sites is 1. The monoisotopic (exact) mass is 466 g/mol. The third kappa shape index (κ3) is 5.11. The maximum Gasteiger partial charge on any atom is 0.236 e. The van der Waals surface area contributed by atoms with E-state index < -0.39 is 0 Å². The van der Waals surface area contributed by atoms with Gasteiger partial charge in [-0.2, -0.15) is 5.10 Å². The van der Waals surface area contributed by atoms with Gasteiger partial charge in [0.25, 0.3) is 0 Å². The fourth-order valence-corrected chi connectivity index (χ4v) is 4.54. The quantitative estimate of drug-likeness (QED) is 0.400. The van der Waals surface area contributed by atoms with Crippen molar-refractivity contribution in [1.29, 1.82) is 0 Å². The van der Waals surface area contributed by atoms with Crippen molar-refractivity contribution in [2.24, 2.45) is 7.05 Å². The van der Waals surface area contributed by atoms with E-state index in [-0.39, 0.29) is 17.1 Å². The molecule has 0 saturated heterocycles. The van der Waals surface area contributed by atoms with E-state index >= 15 is 0 Å². The molecule has 0 saturated carbocycles. The minimum Gasteiger partial charge on any atom is -0.310 e. The zero-order valence-corrected chi connectivity index (χ0v) is 20.2. The van der Waals surface area contributed by atoms with Gasteiger partial charge in [-0.1, -0.05) is 56.8 Å². The molecule has 3 aromatic heterocycles. The number of anilines is 1. The van der Waals surface area contributed by atoms with Crippen LogP contribution in [0.5, 0.6) is 0 Å². The molecule has 0 aliphatic carbocycles. The lowest BCUT2D eigenvalue weighted by Crippen LogP contribution is -2.17. The molecule has 4 rings (SSSR count). The predicted octanol–water partition coefficient (Wildman–Crippen LogP) is 4.68. The fraction of sp³-hybridized carbons (Fsp3) is 0.304. The summed E-state index contributed by atoms with van der Waals surface area (Å²) in [6, 6.07) is 15.9. The maximum atomic E-state index is 12.8. The number of amides is 1. The molecule has 1 amide bonds. The summed E-state index contributed by atoms with van der Waals surface area (Å²) in [5.41, 5.74) is 1.68. The summed E-state index contributed by atoms with van der Waals surface area (Å²) in [5.74, 6) is 1.65. The minimum absolute atomic E-state index is 0.115. The van der Waals surface area contributed by atoms with Gasteiger partial charge in [-0.3, -0.25) is 4.79 Å². The first-order chi connectivity index (χ1) is 15.3. The Morgan fingerprint density at radius 3 is 2.59 bits per heavy atom. The Hall–Kier alpha value is -2.91. The summed E-state index contributed by atoms with van der Waals surface area (Å²) in [6.45, 7) is 6.32. The van der Waals surface area contributed by atoms with Gasteiger partial charge >= 0.3 is 0 Å². The molecule has 0 atom stereocenters. The molecule has 0 radical (unpaired) electrons. The van der Waals surface area contributed by atoms with E-state index in [1.807, 2.05) is 54.1 Å². The van der Waals surface area contributed by atoms with Crippen molar-refractivity contribution < 1.29 is 4.79 Å². The Balaban J connectivity index is 1.45. The zero-order chi connectivity index (χ0) is 22.7. The van der Waals surface area contributed by atoms with E-state index in [1.165, 1.54) is 16.6 Å². The first-order valence-electron chi connectivity index (χ1n) is 10.3. The number of hydrogen-bond donors (Lipinski definition) is 1. The van der Waals surface area contributed by atoms with E-state index in [1.54, 1.807) is 16.0 Å². The summed E-state index contributed by atoms with van der Waals surface area (Å²) in [4.78, 5) is 14.0. The van der Waals surface area contributed by atoms with Crippen molar-refractivity contribution >= 4 is 34.8 Å². The second kappa shape index (κ2) is 9.30. The second-order valence-electron chi connectivity index (χ2n) is 8.46. The highest BCUT2D eigenvalue weighted by Gasteiger charge is 2.22. The van der Waals surface area contributed by atoms with Crippen LogP contribution in [0.15, 0.2) is 59.1 Å². The molecular weight excluding hydrogens is 440 g/mol. The number of carbonyl (C=O) groups excluding carboxylic acids is 1. The number of benzene rings is 1. The SMILES string of the molecule is Cn1c(Cc2cccs2)nnc1SCC(=O)Nc1cc(C(C)(C)C)nn1-c1ccccc1. The molecule has 9 heteroatoms. The van der Waals surface area contributed by atoms with Crippen molar-refractivity contribution in [1.82, 2.24) is 24.5 Å². The van der Waals surface area contributed by atoms with Crippen LogP contribution in [0.3, 0.4) is 0 Å². The number of aromatic nitrogens is 5. The highest BCUT2D eigenvalue weighted by Crippen LogP contribution is 2.27. The molecule has 32 heavy (non-hydrogen) atoms. The van der Waals surface area contributed by atoms with Gasteiger partial charge in [0.15, 0.2) is 5.16 Å². The molecule has 0 bridgehead atoms. The van der Waals surface area contributed by atoms with Crippen LogP contribution in [0.4, 0.5) is 5.82 Å². The van der Waals surface area contributed by atoms with Gasteiger partial charge in [-0.05, 0) is 23.6 Å². The van der Waals surface area contributed by atoms with Gasteiger partial charge in [-0.25, -0.2) is 4.68 Å². The molecule has 166 valence electrons. The van der Waals surface area contributed by atoms with E-state index in [0.717, 1.165) is 28.8 Å². The topological polar surface area (TPSA) is 77.6 Å². The molecule has 1 aromatic carbocycles. The van der Waals surface area contributed by atoms with Crippen LogP contribution in [-0.2, 0) is 23.7 Å². The van der Waals surface area contributed by atoms with Gasteiger partial charge in [-0.15, -0.1) is 21.5 Å². The van der Waals surface area contributed by atoms with Crippen LogP contribution < -0.4 is 5.32 Å². The number of nitrogens with zero attached hydrogens (tertiary/aromatic N) is 5. The Kier molecular flexibility index (Phi) is 6.48. The van der Waals surface area contributed by atoms with E-state index in [0.29, 0.717) is 5.82 Å². The van der Waals surface area contributed by atoms with Gasteiger partial charge in [0.05, 0.1) is 17.1 Å². The van der Waals surface area contributed by atoms with Crippen LogP contribution in [0.1, 0.15) is 37.2 Å². The van der Waals surface area contributed by atoms with Crippen molar-refractivity contribution in [3.63, 3.8) is 0 Å². The number of thioether (sulfide) groups is 1. The van der Waals surface area contributed by atoms with Gasteiger partial charge < -0.3 is 9.88 Å². The van der Waals surface area contributed by atoms with E-state index in [4.69, 9.17) is 5.10 Å². The third-order valence-corrected chi connectivity index (χ3v) is 6.81. The van der Waals surface area contributed by atoms with Crippen LogP contribution in [0.2, 0.25) is 0 Å².